The minimum absolute atomic E-state index is 0.0699. The molecule has 7 heteroatoms. The number of benzene rings is 1. The van der Waals surface area contributed by atoms with Gasteiger partial charge in [-0.1, -0.05) is 12.1 Å². The maximum Gasteiger partial charge on any atom is 0.337 e. The molecule has 0 radical (unpaired) electrons. The van der Waals surface area contributed by atoms with E-state index < -0.39 is 0 Å². The van der Waals surface area contributed by atoms with E-state index in [1.807, 2.05) is 39.8 Å². The lowest BCUT2D eigenvalue weighted by Gasteiger charge is -2.20. The summed E-state index contributed by atoms with van der Waals surface area (Å²) in [5.41, 5.74) is 1.35. The molecule has 0 spiro atoms. The molecular formula is C19H30N4O3. The van der Waals surface area contributed by atoms with E-state index >= 15 is 0 Å². The van der Waals surface area contributed by atoms with Crippen LogP contribution >= 0.6 is 0 Å². The molecule has 0 atom stereocenters. The number of amides is 1. The largest absolute Gasteiger partial charge is 0.465 e. The number of carbonyl (C=O) groups is 2. The van der Waals surface area contributed by atoms with Gasteiger partial charge in [0.05, 0.1) is 12.7 Å². The Morgan fingerprint density at radius 1 is 1.12 bits per heavy atom. The van der Waals surface area contributed by atoms with E-state index in [-0.39, 0.29) is 24.0 Å². The number of ether oxygens (including phenoxy) is 1. The molecular weight excluding hydrogens is 332 g/mol. The second kappa shape index (κ2) is 10.4. The van der Waals surface area contributed by atoms with Crippen molar-refractivity contribution in [2.24, 2.45) is 4.99 Å². The fourth-order valence-corrected chi connectivity index (χ4v) is 2.20. The summed E-state index contributed by atoms with van der Waals surface area (Å²) in [5.74, 6) is 0.139. The highest BCUT2D eigenvalue weighted by atomic mass is 16.5. The molecule has 1 rings (SSSR count). The van der Waals surface area contributed by atoms with Crippen molar-refractivity contribution in [1.29, 1.82) is 0 Å². The van der Waals surface area contributed by atoms with Crippen LogP contribution in [-0.2, 0) is 16.0 Å². The molecule has 0 saturated carbocycles. The summed E-state index contributed by atoms with van der Waals surface area (Å²) < 4.78 is 4.68. The van der Waals surface area contributed by atoms with Crippen LogP contribution in [0.15, 0.2) is 29.3 Å². The molecule has 7 nitrogen and oxygen atoms in total. The quantitative estimate of drug-likeness (QED) is 0.388. The van der Waals surface area contributed by atoms with E-state index in [2.05, 4.69) is 25.7 Å². The zero-order valence-corrected chi connectivity index (χ0v) is 16.3. The second-order valence-corrected chi connectivity index (χ2v) is 6.86. The molecule has 3 N–H and O–H groups in total. The zero-order valence-electron chi connectivity index (χ0n) is 16.3. The van der Waals surface area contributed by atoms with E-state index in [4.69, 9.17) is 0 Å². The fourth-order valence-electron chi connectivity index (χ4n) is 2.20. The molecule has 0 aromatic heterocycles. The Bertz CT molecular complexity index is 619. The van der Waals surface area contributed by atoms with Gasteiger partial charge in [0.1, 0.15) is 6.54 Å². The average molecular weight is 362 g/mol. The van der Waals surface area contributed by atoms with Crippen molar-refractivity contribution in [2.75, 3.05) is 26.7 Å². The van der Waals surface area contributed by atoms with Gasteiger partial charge in [0, 0.05) is 18.6 Å². The number of esters is 1. The highest BCUT2D eigenvalue weighted by Gasteiger charge is 2.13. The smallest absolute Gasteiger partial charge is 0.337 e. The molecule has 1 aromatic carbocycles. The molecule has 0 aliphatic heterocycles. The van der Waals surface area contributed by atoms with Gasteiger partial charge in [-0.15, -0.1) is 0 Å². The Labute approximate surface area is 155 Å². The summed E-state index contributed by atoms with van der Waals surface area (Å²) in [6.45, 7) is 9.21. The standard InChI is InChI=1S/C19H30N4O3/c1-6-20-18(22-13-16(24)23-19(2,3)4)21-12-11-14-7-9-15(10-8-14)17(25)26-5/h7-10H,6,11-13H2,1-5H3,(H,23,24)(H2,20,21,22). The predicted molar refractivity (Wildman–Crippen MR) is 103 cm³/mol. The van der Waals surface area contributed by atoms with Gasteiger partial charge in [0.2, 0.25) is 5.91 Å². The van der Waals surface area contributed by atoms with Crippen molar-refractivity contribution in [3.05, 3.63) is 35.4 Å². The Morgan fingerprint density at radius 3 is 2.31 bits per heavy atom. The number of nitrogens with one attached hydrogen (secondary N) is 3. The Hall–Kier alpha value is -2.57. The van der Waals surface area contributed by atoms with Gasteiger partial charge in [-0.05, 0) is 51.8 Å². The lowest BCUT2D eigenvalue weighted by atomic mass is 10.1. The van der Waals surface area contributed by atoms with Crippen LogP contribution < -0.4 is 16.0 Å². The molecule has 0 saturated heterocycles. The summed E-state index contributed by atoms with van der Waals surface area (Å²) in [5, 5.41) is 9.20. The molecule has 1 aromatic rings. The summed E-state index contributed by atoms with van der Waals surface area (Å²) in [6.07, 6.45) is 0.764. The van der Waals surface area contributed by atoms with Crippen LogP contribution in [0.5, 0.6) is 0 Å². The molecule has 0 aliphatic carbocycles. The summed E-state index contributed by atoms with van der Waals surface area (Å²) in [6, 6.07) is 7.29. The number of rotatable bonds is 7. The van der Waals surface area contributed by atoms with Gasteiger partial charge < -0.3 is 20.7 Å². The molecule has 1 amide bonds. The molecule has 0 unspecified atom stereocenters. The van der Waals surface area contributed by atoms with E-state index in [1.165, 1.54) is 7.11 Å². The first-order valence-electron chi connectivity index (χ1n) is 8.75. The van der Waals surface area contributed by atoms with Crippen molar-refractivity contribution >= 4 is 17.8 Å². The van der Waals surface area contributed by atoms with E-state index in [9.17, 15) is 9.59 Å². The van der Waals surface area contributed by atoms with Crippen LogP contribution in [0, 0.1) is 0 Å². The highest BCUT2D eigenvalue weighted by molar-refractivity contribution is 5.89. The number of methoxy groups -OCH3 is 1. The molecule has 0 bridgehead atoms. The van der Waals surface area contributed by atoms with Gasteiger partial charge in [-0.2, -0.15) is 0 Å². The number of aliphatic imine (C=N–C) groups is 1. The molecule has 0 aliphatic rings. The number of nitrogens with zero attached hydrogens (tertiary/aromatic N) is 1. The number of guanidine groups is 1. The molecule has 0 fully saturated rings. The molecule has 26 heavy (non-hydrogen) atoms. The fraction of sp³-hybridized carbons (Fsp3) is 0.526. The van der Waals surface area contributed by atoms with Crippen molar-refractivity contribution in [3.63, 3.8) is 0 Å². The van der Waals surface area contributed by atoms with Crippen molar-refractivity contribution < 1.29 is 14.3 Å². The SMILES string of the molecule is CCNC(=NCC(=O)NC(C)(C)C)NCCc1ccc(C(=O)OC)cc1. The third-order valence-electron chi connectivity index (χ3n) is 3.32. The minimum Gasteiger partial charge on any atom is -0.465 e. The van der Waals surface area contributed by atoms with E-state index in [0.29, 0.717) is 24.6 Å². The zero-order chi connectivity index (χ0) is 19.6. The first-order chi connectivity index (χ1) is 12.2. The molecule has 144 valence electrons. The summed E-state index contributed by atoms with van der Waals surface area (Å²) >= 11 is 0. The summed E-state index contributed by atoms with van der Waals surface area (Å²) in [4.78, 5) is 27.6. The monoisotopic (exact) mass is 362 g/mol. The lowest BCUT2D eigenvalue weighted by molar-refractivity contribution is -0.121. The average Bonchev–Trinajstić information content (AvgIpc) is 2.58. The van der Waals surface area contributed by atoms with E-state index in [0.717, 1.165) is 12.0 Å². The van der Waals surface area contributed by atoms with Gasteiger partial charge in [0.25, 0.3) is 0 Å². The first-order valence-corrected chi connectivity index (χ1v) is 8.75. The Morgan fingerprint density at radius 2 is 1.77 bits per heavy atom. The van der Waals surface area contributed by atoms with Crippen LogP contribution in [0.25, 0.3) is 0 Å². The van der Waals surface area contributed by atoms with Crippen LogP contribution in [0.3, 0.4) is 0 Å². The minimum atomic E-state index is -0.343. The number of carbonyl (C=O) groups excluding carboxylic acids is 2. The van der Waals surface area contributed by atoms with Gasteiger partial charge in [-0.3, -0.25) is 4.79 Å². The first kappa shape index (κ1) is 21.5. The van der Waals surface area contributed by atoms with Crippen molar-refractivity contribution in [1.82, 2.24) is 16.0 Å². The van der Waals surface area contributed by atoms with Gasteiger partial charge in [-0.25, -0.2) is 9.79 Å². The maximum absolute atomic E-state index is 11.9. The maximum atomic E-state index is 11.9. The third-order valence-corrected chi connectivity index (χ3v) is 3.32. The van der Waals surface area contributed by atoms with E-state index in [1.54, 1.807) is 12.1 Å². The number of hydrogen-bond donors (Lipinski definition) is 3. The van der Waals surface area contributed by atoms with Gasteiger partial charge in [0.15, 0.2) is 5.96 Å². The Kier molecular flexibility index (Phi) is 8.61. The normalized spacial score (nSPS) is 11.7. The van der Waals surface area contributed by atoms with Crippen LogP contribution in [0.2, 0.25) is 0 Å². The van der Waals surface area contributed by atoms with Gasteiger partial charge >= 0.3 is 5.97 Å². The van der Waals surface area contributed by atoms with Crippen LogP contribution in [0.4, 0.5) is 0 Å². The highest BCUT2D eigenvalue weighted by Crippen LogP contribution is 2.06. The second-order valence-electron chi connectivity index (χ2n) is 6.86. The van der Waals surface area contributed by atoms with Crippen LogP contribution in [-0.4, -0.2) is 50.1 Å². The lowest BCUT2D eigenvalue weighted by Crippen LogP contribution is -2.43. The van der Waals surface area contributed by atoms with Crippen LogP contribution in [0.1, 0.15) is 43.6 Å². The van der Waals surface area contributed by atoms with Crippen molar-refractivity contribution in [2.45, 2.75) is 39.7 Å². The van der Waals surface area contributed by atoms with Crippen molar-refractivity contribution in [3.8, 4) is 0 Å². The summed E-state index contributed by atoms with van der Waals surface area (Å²) in [7, 11) is 1.36. The predicted octanol–water partition coefficient (Wildman–Crippen LogP) is 1.49. The Balaban J connectivity index is 2.51. The third kappa shape index (κ3) is 8.50. The molecule has 0 heterocycles. The topological polar surface area (TPSA) is 91.8 Å². The number of hydrogen-bond acceptors (Lipinski definition) is 4.